The Labute approximate surface area is 107 Å². The number of benzene rings is 1. The van der Waals surface area contributed by atoms with Crippen LogP contribution >= 0.6 is 0 Å². The molecule has 4 nitrogen and oxygen atoms in total. The molecule has 0 saturated carbocycles. The average Bonchev–Trinajstić information content (AvgIpc) is 2.76. The molecule has 0 saturated heterocycles. The van der Waals surface area contributed by atoms with E-state index in [9.17, 15) is 4.79 Å². The molecule has 1 aromatic carbocycles. The molecule has 1 N–H and O–H groups in total. The summed E-state index contributed by atoms with van der Waals surface area (Å²) in [6.45, 7) is 2.88. The third-order valence-electron chi connectivity index (χ3n) is 2.80. The SMILES string of the molecule is Cc1ccnn1CC(=O)NCCc1ccccc1. The Morgan fingerprint density at radius 2 is 2.06 bits per heavy atom. The van der Waals surface area contributed by atoms with Crippen LogP contribution in [0.15, 0.2) is 42.6 Å². The predicted octanol–water partition coefficient (Wildman–Crippen LogP) is 1.55. The van der Waals surface area contributed by atoms with Gasteiger partial charge in [-0.2, -0.15) is 5.10 Å². The molecule has 0 aliphatic rings. The molecule has 0 fully saturated rings. The van der Waals surface area contributed by atoms with Gasteiger partial charge in [0.1, 0.15) is 6.54 Å². The topological polar surface area (TPSA) is 46.9 Å². The summed E-state index contributed by atoms with van der Waals surface area (Å²) in [7, 11) is 0. The van der Waals surface area contributed by atoms with Crippen molar-refractivity contribution in [3.63, 3.8) is 0 Å². The van der Waals surface area contributed by atoms with Crippen molar-refractivity contribution in [3.05, 3.63) is 53.9 Å². The zero-order valence-electron chi connectivity index (χ0n) is 10.5. The van der Waals surface area contributed by atoms with Crippen molar-refractivity contribution < 1.29 is 4.79 Å². The molecule has 0 spiro atoms. The second-order valence-electron chi connectivity index (χ2n) is 4.22. The van der Waals surface area contributed by atoms with Crippen LogP contribution in [0.1, 0.15) is 11.3 Å². The molecule has 0 atom stereocenters. The first-order chi connectivity index (χ1) is 8.75. The van der Waals surface area contributed by atoms with Gasteiger partial charge in [0, 0.05) is 18.4 Å². The molecule has 0 radical (unpaired) electrons. The molecule has 2 aromatic rings. The number of carbonyl (C=O) groups is 1. The van der Waals surface area contributed by atoms with Crippen LogP contribution in [0.25, 0.3) is 0 Å². The van der Waals surface area contributed by atoms with E-state index in [1.165, 1.54) is 5.56 Å². The number of nitrogens with zero attached hydrogens (tertiary/aromatic N) is 2. The molecule has 1 heterocycles. The van der Waals surface area contributed by atoms with Crippen LogP contribution in [-0.4, -0.2) is 22.2 Å². The molecular formula is C14H17N3O. The molecule has 0 aliphatic heterocycles. The molecule has 0 unspecified atom stereocenters. The highest BCUT2D eigenvalue weighted by molar-refractivity contribution is 5.75. The summed E-state index contributed by atoms with van der Waals surface area (Å²) < 4.78 is 1.69. The smallest absolute Gasteiger partial charge is 0.241 e. The lowest BCUT2D eigenvalue weighted by molar-refractivity contribution is -0.121. The van der Waals surface area contributed by atoms with Gasteiger partial charge >= 0.3 is 0 Å². The summed E-state index contributed by atoms with van der Waals surface area (Å²) in [5.74, 6) is -0.00210. The number of rotatable bonds is 5. The summed E-state index contributed by atoms with van der Waals surface area (Å²) in [4.78, 5) is 11.7. The minimum absolute atomic E-state index is 0.00210. The highest BCUT2D eigenvalue weighted by atomic mass is 16.2. The van der Waals surface area contributed by atoms with Crippen molar-refractivity contribution >= 4 is 5.91 Å². The molecule has 18 heavy (non-hydrogen) atoms. The Morgan fingerprint density at radius 1 is 1.28 bits per heavy atom. The summed E-state index contributed by atoms with van der Waals surface area (Å²) in [6.07, 6.45) is 2.55. The number of nitrogens with one attached hydrogen (secondary N) is 1. The molecule has 0 bridgehead atoms. The Hall–Kier alpha value is -2.10. The van der Waals surface area contributed by atoms with E-state index in [0.717, 1.165) is 12.1 Å². The quantitative estimate of drug-likeness (QED) is 0.866. The largest absolute Gasteiger partial charge is 0.354 e. The highest BCUT2D eigenvalue weighted by Gasteiger charge is 2.04. The first kappa shape index (κ1) is 12.4. The first-order valence-corrected chi connectivity index (χ1v) is 6.05. The monoisotopic (exact) mass is 243 g/mol. The minimum Gasteiger partial charge on any atom is -0.354 e. The number of hydrogen-bond acceptors (Lipinski definition) is 2. The van der Waals surface area contributed by atoms with Crippen LogP contribution in [0.5, 0.6) is 0 Å². The van der Waals surface area contributed by atoms with Crippen molar-refractivity contribution in [2.75, 3.05) is 6.54 Å². The van der Waals surface area contributed by atoms with Gasteiger partial charge in [0.05, 0.1) is 0 Å². The summed E-state index contributed by atoms with van der Waals surface area (Å²) >= 11 is 0. The van der Waals surface area contributed by atoms with E-state index in [0.29, 0.717) is 6.54 Å². The van der Waals surface area contributed by atoms with Crippen molar-refractivity contribution in [2.24, 2.45) is 0 Å². The first-order valence-electron chi connectivity index (χ1n) is 6.05. The van der Waals surface area contributed by atoms with Crippen LogP contribution in [0.2, 0.25) is 0 Å². The molecule has 1 amide bonds. The summed E-state index contributed by atoms with van der Waals surface area (Å²) in [5, 5.41) is 6.97. The lowest BCUT2D eigenvalue weighted by Gasteiger charge is -2.06. The van der Waals surface area contributed by atoms with Gasteiger partial charge < -0.3 is 5.32 Å². The maximum absolute atomic E-state index is 11.7. The van der Waals surface area contributed by atoms with Crippen LogP contribution in [0, 0.1) is 6.92 Å². The van der Waals surface area contributed by atoms with Gasteiger partial charge in [-0.1, -0.05) is 30.3 Å². The maximum Gasteiger partial charge on any atom is 0.241 e. The lowest BCUT2D eigenvalue weighted by atomic mass is 10.1. The zero-order valence-corrected chi connectivity index (χ0v) is 10.5. The Kier molecular flexibility index (Phi) is 4.12. The molecule has 1 aromatic heterocycles. The molecular weight excluding hydrogens is 226 g/mol. The average molecular weight is 243 g/mol. The van der Waals surface area contributed by atoms with Crippen LogP contribution < -0.4 is 5.32 Å². The van der Waals surface area contributed by atoms with Crippen molar-refractivity contribution in [3.8, 4) is 0 Å². The molecule has 2 rings (SSSR count). The molecule has 4 heteroatoms. The number of aryl methyl sites for hydroxylation is 1. The van der Waals surface area contributed by atoms with E-state index < -0.39 is 0 Å². The van der Waals surface area contributed by atoms with E-state index >= 15 is 0 Å². The Bertz CT molecular complexity index is 505. The van der Waals surface area contributed by atoms with E-state index in [-0.39, 0.29) is 12.5 Å². The van der Waals surface area contributed by atoms with Gasteiger partial charge in [0.15, 0.2) is 0 Å². The third kappa shape index (κ3) is 3.45. The lowest BCUT2D eigenvalue weighted by Crippen LogP contribution is -2.30. The Balaban J connectivity index is 1.74. The minimum atomic E-state index is -0.00210. The normalized spacial score (nSPS) is 10.3. The van der Waals surface area contributed by atoms with Crippen LogP contribution in [0.3, 0.4) is 0 Å². The van der Waals surface area contributed by atoms with Crippen molar-refractivity contribution in [1.82, 2.24) is 15.1 Å². The summed E-state index contributed by atoms with van der Waals surface area (Å²) in [5.41, 5.74) is 2.22. The van der Waals surface area contributed by atoms with Gasteiger partial charge in [-0.3, -0.25) is 9.48 Å². The second kappa shape index (κ2) is 6.00. The van der Waals surface area contributed by atoms with Gasteiger partial charge in [-0.25, -0.2) is 0 Å². The van der Waals surface area contributed by atoms with Crippen LogP contribution in [-0.2, 0) is 17.8 Å². The van der Waals surface area contributed by atoms with E-state index in [1.54, 1.807) is 10.9 Å². The summed E-state index contributed by atoms with van der Waals surface area (Å²) in [6, 6.07) is 12.0. The predicted molar refractivity (Wildman–Crippen MR) is 70.1 cm³/mol. The van der Waals surface area contributed by atoms with Gasteiger partial charge in [0.2, 0.25) is 5.91 Å². The highest BCUT2D eigenvalue weighted by Crippen LogP contribution is 1.98. The molecule has 0 aliphatic carbocycles. The van der Waals surface area contributed by atoms with Crippen LogP contribution in [0.4, 0.5) is 0 Å². The third-order valence-corrected chi connectivity index (χ3v) is 2.80. The maximum atomic E-state index is 11.7. The fraction of sp³-hybridized carbons (Fsp3) is 0.286. The standard InChI is InChI=1S/C14H17N3O/c1-12-7-10-16-17(12)11-14(18)15-9-8-13-5-3-2-4-6-13/h2-7,10H,8-9,11H2,1H3,(H,15,18). The zero-order chi connectivity index (χ0) is 12.8. The van der Waals surface area contributed by atoms with Gasteiger partial charge in [0.25, 0.3) is 0 Å². The number of carbonyl (C=O) groups excluding carboxylic acids is 1. The number of hydrogen-bond donors (Lipinski definition) is 1. The van der Waals surface area contributed by atoms with E-state index in [4.69, 9.17) is 0 Å². The van der Waals surface area contributed by atoms with Gasteiger partial charge in [-0.15, -0.1) is 0 Å². The fourth-order valence-electron chi connectivity index (χ4n) is 1.75. The van der Waals surface area contributed by atoms with E-state index in [2.05, 4.69) is 22.5 Å². The number of amides is 1. The van der Waals surface area contributed by atoms with Crippen molar-refractivity contribution in [2.45, 2.75) is 19.9 Å². The van der Waals surface area contributed by atoms with Gasteiger partial charge in [-0.05, 0) is 25.0 Å². The van der Waals surface area contributed by atoms with Crippen molar-refractivity contribution in [1.29, 1.82) is 0 Å². The number of aromatic nitrogens is 2. The Morgan fingerprint density at radius 3 is 2.72 bits per heavy atom. The fourth-order valence-corrected chi connectivity index (χ4v) is 1.75. The second-order valence-corrected chi connectivity index (χ2v) is 4.22. The van der Waals surface area contributed by atoms with E-state index in [1.807, 2.05) is 31.2 Å². The molecule has 94 valence electrons.